The van der Waals surface area contributed by atoms with Crippen molar-refractivity contribution in [1.82, 2.24) is 15.0 Å². The second-order valence-electron chi connectivity index (χ2n) is 4.21. The van der Waals surface area contributed by atoms with Crippen LogP contribution in [0.5, 0.6) is 0 Å². The van der Waals surface area contributed by atoms with Gasteiger partial charge in [0.1, 0.15) is 0 Å². The van der Waals surface area contributed by atoms with Crippen LogP contribution in [-0.2, 0) is 6.54 Å². The second-order valence-corrected chi connectivity index (χ2v) is 6.50. The van der Waals surface area contributed by atoms with Crippen LogP contribution in [0.1, 0.15) is 23.0 Å². The number of benzene rings is 1. The highest BCUT2D eigenvalue weighted by Crippen LogP contribution is 2.26. The van der Waals surface area contributed by atoms with Crippen LogP contribution in [-0.4, -0.2) is 15.0 Å². The molecule has 0 bridgehead atoms. The molecule has 0 spiro atoms. The Labute approximate surface area is 118 Å². The molecule has 2 heterocycles. The van der Waals surface area contributed by atoms with Crippen molar-refractivity contribution in [2.24, 2.45) is 0 Å². The van der Waals surface area contributed by atoms with Gasteiger partial charge in [-0.25, -0.2) is 4.68 Å². The van der Waals surface area contributed by atoms with Crippen LogP contribution in [0.15, 0.2) is 35.8 Å². The first-order valence-electron chi connectivity index (χ1n) is 5.73. The van der Waals surface area contributed by atoms with E-state index >= 15 is 0 Å². The maximum absolute atomic E-state index is 4.16. The Kier molecular flexibility index (Phi) is 3.18. The lowest BCUT2D eigenvalue weighted by atomic mass is 10.2. The molecule has 1 atom stereocenters. The fraction of sp³-hybridized carbons (Fsp3) is 0.231. The molecule has 3 nitrogen and oxygen atoms in total. The van der Waals surface area contributed by atoms with Crippen molar-refractivity contribution in [3.8, 4) is 0 Å². The molecular formula is C13H12BrN3S. The van der Waals surface area contributed by atoms with E-state index in [1.165, 1.54) is 15.6 Å². The topological polar surface area (TPSA) is 30.7 Å². The maximum Gasteiger partial charge on any atom is 0.0960 e. The van der Waals surface area contributed by atoms with Gasteiger partial charge in [-0.1, -0.05) is 39.3 Å². The van der Waals surface area contributed by atoms with Gasteiger partial charge in [0.15, 0.2) is 0 Å². The summed E-state index contributed by atoms with van der Waals surface area (Å²) in [5.74, 6) is 0. The number of hydrogen-bond acceptors (Lipinski definition) is 3. The summed E-state index contributed by atoms with van der Waals surface area (Å²) >= 11 is 5.28. The van der Waals surface area contributed by atoms with Gasteiger partial charge in [0.05, 0.1) is 17.1 Å². The van der Waals surface area contributed by atoms with Crippen LogP contribution in [0, 0.1) is 0 Å². The predicted octanol–water partition coefficient (Wildman–Crippen LogP) is 4.00. The Morgan fingerprint density at radius 2 is 2.22 bits per heavy atom. The normalized spacial score (nSPS) is 13.0. The number of alkyl halides is 1. The van der Waals surface area contributed by atoms with Gasteiger partial charge >= 0.3 is 0 Å². The molecule has 0 fully saturated rings. The summed E-state index contributed by atoms with van der Waals surface area (Å²) in [4.78, 5) is 0.241. The number of aromatic nitrogens is 3. The van der Waals surface area contributed by atoms with Crippen molar-refractivity contribution in [2.45, 2.75) is 18.3 Å². The lowest BCUT2D eigenvalue weighted by molar-refractivity contribution is 0.653. The van der Waals surface area contributed by atoms with Crippen molar-refractivity contribution < 1.29 is 0 Å². The molecule has 0 amide bonds. The first kappa shape index (κ1) is 11.9. The second kappa shape index (κ2) is 4.82. The first-order chi connectivity index (χ1) is 8.74. The number of fused-ring (bicyclic) bond motifs is 1. The van der Waals surface area contributed by atoms with Crippen molar-refractivity contribution >= 4 is 37.4 Å². The zero-order valence-corrected chi connectivity index (χ0v) is 12.3. The van der Waals surface area contributed by atoms with Crippen LogP contribution in [0.25, 0.3) is 10.1 Å². The molecule has 0 N–H and O–H groups in total. The third kappa shape index (κ3) is 2.20. The van der Waals surface area contributed by atoms with Gasteiger partial charge in [0, 0.05) is 10.9 Å². The third-order valence-corrected chi connectivity index (χ3v) is 4.34. The lowest BCUT2D eigenvalue weighted by Gasteiger charge is -1.99. The zero-order valence-electron chi connectivity index (χ0n) is 9.88. The fourth-order valence-corrected chi connectivity index (χ4v) is 3.07. The largest absolute Gasteiger partial charge is 0.248 e. The number of nitrogens with zero attached hydrogens (tertiary/aromatic N) is 3. The summed E-state index contributed by atoms with van der Waals surface area (Å²) in [7, 11) is 0. The SMILES string of the molecule is CC(Br)c1cn(Cc2csc3ccccc23)nn1. The highest BCUT2D eigenvalue weighted by atomic mass is 79.9. The van der Waals surface area contributed by atoms with Gasteiger partial charge in [-0.05, 0) is 29.3 Å². The summed E-state index contributed by atoms with van der Waals surface area (Å²) in [6.07, 6.45) is 1.99. The van der Waals surface area contributed by atoms with E-state index in [0.29, 0.717) is 0 Å². The molecule has 92 valence electrons. The van der Waals surface area contributed by atoms with Crippen LogP contribution in [0.3, 0.4) is 0 Å². The number of thiophene rings is 1. The molecule has 0 saturated heterocycles. The Morgan fingerprint density at radius 1 is 1.39 bits per heavy atom. The van der Waals surface area contributed by atoms with Crippen molar-refractivity contribution in [3.63, 3.8) is 0 Å². The molecule has 3 rings (SSSR count). The van der Waals surface area contributed by atoms with Gasteiger partial charge < -0.3 is 0 Å². The molecule has 0 aliphatic rings. The van der Waals surface area contributed by atoms with E-state index in [4.69, 9.17) is 0 Å². The molecule has 3 aromatic rings. The Hall–Kier alpha value is -1.20. The van der Waals surface area contributed by atoms with E-state index in [-0.39, 0.29) is 4.83 Å². The monoisotopic (exact) mass is 321 g/mol. The lowest BCUT2D eigenvalue weighted by Crippen LogP contribution is -1.99. The molecular weight excluding hydrogens is 310 g/mol. The van der Waals surface area contributed by atoms with Crippen LogP contribution in [0.4, 0.5) is 0 Å². The van der Waals surface area contributed by atoms with Crippen LogP contribution >= 0.6 is 27.3 Å². The molecule has 0 radical (unpaired) electrons. The molecule has 0 aliphatic heterocycles. The molecule has 5 heteroatoms. The molecule has 1 aromatic carbocycles. The van der Waals surface area contributed by atoms with Crippen molar-refractivity contribution in [1.29, 1.82) is 0 Å². The number of rotatable bonds is 3. The molecule has 1 unspecified atom stereocenters. The highest BCUT2D eigenvalue weighted by molar-refractivity contribution is 9.09. The zero-order chi connectivity index (χ0) is 12.5. The van der Waals surface area contributed by atoms with E-state index in [9.17, 15) is 0 Å². The van der Waals surface area contributed by atoms with Crippen LogP contribution in [0.2, 0.25) is 0 Å². The van der Waals surface area contributed by atoms with Gasteiger partial charge in [0.25, 0.3) is 0 Å². The highest BCUT2D eigenvalue weighted by Gasteiger charge is 2.08. The summed E-state index contributed by atoms with van der Waals surface area (Å²) in [5, 5.41) is 11.8. The Morgan fingerprint density at radius 3 is 3.00 bits per heavy atom. The van der Waals surface area contributed by atoms with E-state index in [1.807, 2.05) is 17.8 Å². The number of hydrogen-bond donors (Lipinski definition) is 0. The van der Waals surface area contributed by atoms with Gasteiger partial charge in [-0.2, -0.15) is 0 Å². The van der Waals surface area contributed by atoms with Gasteiger partial charge in [-0.15, -0.1) is 16.4 Å². The van der Waals surface area contributed by atoms with Gasteiger partial charge in [-0.3, -0.25) is 0 Å². The minimum absolute atomic E-state index is 0.241. The summed E-state index contributed by atoms with van der Waals surface area (Å²) in [5.41, 5.74) is 2.27. The van der Waals surface area contributed by atoms with Crippen molar-refractivity contribution in [2.75, 3.05) is 0 Å². The Bertz CT molecular complexity index is 671. The first-order valence-corrected chi connectivity index (χ1v) is 7.53. The number of halogens is 1. The minimum Gasteiger partial charge on any atom is -0.248 e. The average molecular weight is 322 g/mol. The van der Waals surface area contributed by atoms with Crippen LogP contribution < -0.4 is 0 Å². The maximum atomic E-state index is 4.16. The fourth-order valence-electron chi connectivity index (χ4n) is 1.90. The van der Waals surface area contributed by atoms with Crippen molar-refractivity contribution in [3.05, 3.63) is 47.1 Å². The standard InChI is InChI=1S/C13H12BrN3S/c1-9(14)12-7-17(16-15-12)6-10-8-18-13-5-3-2-4-11(10)13/h2-5,7-9H,6H2,1H3. The van der Waals surface area contributed by atoms with E-state index < -0.39 is 0 Å². The van der Waals surface area contributed by atoms with E-state index in [2.05, 4.69) is 55.9 Å². The van der Waals surface area contributed by atoms with E-state index in [0.717, 1.165) is 12.2 Å². The average Bonchev–Trinajstić information content (AvgIpc) is 2.98. The van der Waals surface area contributed by atoms with Gasteiger partial charge in [0.2, 0.25) is 0 Å². The summed E-state index contributed by atoms with van der Waals surface area (Å²) in [6, 6.07) is 8.46. The quantitative estimate of drug-likeness (QED) is 0.683. The molecule has 0 saturated carbocycles. The third-order valence-electron chi connectivity index (χ3n) is 2.86. The summed E-state index contributed by atoms with van der Waals surface area (Å²) in [6.45, 7) is 2.82. The Balaban J connectivity index is 1.91. The molecule has 0 aliphatic carbocycles. The summed E-state index contributed by atoms with van der Waals surface area (Å²) < 4.78 is 3.21. The predicted molar refractivity (Wildman–Crippen MR) is 78.3 cm³/mol. The van der Waals surface area contributed by atoms with E-state index in [1.54, 1.807) is 11.3 Å². The minimum atomic E-state index is 0.241. The smallest absolute Gasteiger partial charge is 0.0960 e. The molecule has 18 heavy (non-hydrogen) atoms. The molecule has 2 aromatic heterocycles.